The molecule has 6 nitrogen and oxygen atoms in total. The average molecular weight is 421 g/mol. The van der Waals surface area contributed by atoms with Crippen molar-refractivity contribution in [1.82, 2.24) is 19.8 Å². The molecule has 1 aromatic carbocycles. The zero-order valence-electron chi connectivity index (χ0n) is 18.7. The molecule has 0 aliphatic rings. The monoisotopic (exact) mass is 420 g/mol. The maximum absolute atomic E-state index is 13.2. The minimum absolute atomic E-state index is 0.00497. The van der Waals surface area contributed by atoms with Crippen molar-refractivity contribution in [2.75, 3.05) is 19.6 Å². The minimum atomic E-state index is -0.326. The van der Waals surface area contributed by atoms with Gasteiger partial charge in [-0.05, 0) is 63.2 Å². The number of hydrogen-bond acceptors (Lipinski definition) is 4. The third-order valence-electron chi connectivity index (χ3n) is 5.66. The molecule has 164 valence electrons. The van der Waals surface area contributed by atoms with Gasteiger partial charge in [0.2, 0.25) is 0 Å². The van der Waals surface area contributed by atoms with Gasteiger partial charge in [-0.2, -0.15) is 0 Å². The molecule has 1 N–H and O–H groups in total. The first-order valence-corrected chi connectivity index (χ1v) is 11.1. The summed E-state index contributed by atoms with van der Waals surface area (Å²) in [6.07, 6.45) is 3.54. The molecule has 3 rings (SSSR count). The second-order valence-corrected chi connectivity index (χ2v) is 7.89. The number of aromatic nitrogens is 2. The summed E-state index contributed by atoms with van der Waals surface area (Å²) in [4.78, 5) is 33.0. The first kappa shape index (κ1) is 22.7. The number of nitrogens with zero attached hydrogens (tertiary/aromatic N) is 3. The van der Waals surface area contributed by atoms with Crippen molar-refractivity contribution < 1.29 is 4.79 Å². The zero-order chi connectivity index (χ0) is 22.2. The SMILES string of the molecule is CCN(CC)CCC[C@H](C)NC(=O)c1cc2cccnc2n(Cc2ccccc2)c1=O. The molecular weight excluding hydrogens is 388 g/mol. The lowest BCUT2D eigenvalue weighted by Gasteiger charge is -2.20. The van der Waals surface area contributed by atoms with Crippen LogP contribution in [0, 0.1) is 0 Å². The molecule has 0 saturated carbocycles. The van der Waals surface area contributed by atoms with Crippen LogP contribution in [0.15, 0.2) is 59.5 Å². The van der Waals surface area contributed by atoms with Crippen molar-refractivity contribution in [3.05, 3.63) is 76.2 Å². The van der Waals surface area contributed by atoms with Crippen LogP contribution >= 0.6 is 0 Å². The number of hydrogen-bond donors (Lipinski definition) is 1. The molecule has 2 aromatic heterocycles. The lowest BCUT2D eigenvalue weighted by atomic mass is 10.1. The van der Waals surface area contributed by atoms with Crippen LogP contribution in [0.5, 0.6) is 0 Å². The Balaban J connectivity index is 1.80. The van der Waals surface area contributed by atoms with Gasteiger partial charge in [0.1, 0.15) is 11.2 Å². The van der Waals surface area contributed by atoms with Crippen LogP contribution in [0.2, 0.25) is 0 Å². The van der Waals surface area contributed by atoms with Gasteiger partial charge in [0, 0.05) is 17.6 Å². The highest BCUT2D eigenvalue weighted by Gasteiger charge is 2.18. The van der Waals surface area contributed by atoms with Gasteiger partial charge in [-0.15, -0.1) is 0 Å². The van der Waals surface area contributed by atoms with Crippen LogP contribution in [0.4, 0.5) is 0 Å². The van der Waals surface area contributed by atoms with E-state index in [2.05, 4.69) is 29.0 Å². The van der Waals surface area contributed by atoms with Gasteiger partial charge in [-0.3, -0.25) is 14.2 Å². The van der Waals surface area contributed by atoms with E-state index in [0.717, 1.165) is 43.4 Å². The Morgan fingerprint density at radius 2 is 1.87 bits per heavy atom. The third-order valence-corrected chi connectivity index (χ3v) is 5.66. The van der Waals surface area contributed by atoms with E-state index < -0.39 is 0 Å². The molecule has 3 aromatic rings. The number of amides is 1. The van der Waals surface area contributed by atoms with Crippen LogP contribution in [0.3, 0.4) is 0 Å². The molecule has 1 amide bonds. The smallest absolute Gasteiger partial charge is 0.265 e. The maximum Gasteiger partial charge on any atom is 0.265 e. The number of benzene rings is 1. The second-order valence-electron chi connectivity index (χ2n) is 7.89. The standard InChI is InChI=1S/C25H32N4O2/c1-4-28(5-2)16-10-11-19(3)27-24(30)22-17-21-14-9-15-26-23(21)29(25(22)31)18-20-12-7-6-8-13-20/h6-9,12-15,17,19H,4-5,10-11,16,18H2,1-3H3,(H,27,30)/t19-/m0/s1. The van der Waals surface area contributed by atoms with Crippen LogP contribution < -0.4 is 10.9 Å². The Hall–Kier alpha value is -2.99. The van der Waals surface area contributed by atoms with Gasteiger partial charge in [-0.25, -0.2) is 4.98 Å². The molecular formula is C25H32N4O2. The molecule has 0 saturated heterocycles. The summed E-state index contributed by atoms with van der Waals surface area (Å²) in [5.41, 5.74) is 1.41. The van der Waals surface area contributed by atoms with E-state index in [4.69, 9.17) is 0 Å². The van der Waals surface area contributed by atoms with Gasteiger partial charge in [0.25, 0.3) is 11.5 Å². The van der Waals surface area contributed by atoms with Crippen LogP contribution in [-0.2, 0) is 6.54 Å². The van der Waals surface area contributed by atoms with E-state index >= 15 is 0 Å². The average Bonchev–Trinajstić information content (AvgIpc) is 2.79. The Morgan fingerprint density at radius 1 is 1.13 bits per heavy atom. The molecule has 0 radical (unpaired) electrons. The van der Waals surface area contributed by atoms with Gasteiger partial charge in [0.15, 0.2) is 0 Å². The summed E-state index contributed by atoms with van der Waals surface area (Å²) in [6, 6.07) is 15.1. The summed E-state index contributed by atoms with van der Waals surface area (Å²) in [7, 11) is 0. The predicted molar refractivity (Wildman–Crippen MR) is 125 cm³/mol. The van der Waals surface area contributed by atoms with E-state index in [1.54, 1.807) is 16.8 Å². The number of nitrogens with one attached hydrogen (secondary N) is 1. The number of rotatable bonds is 10. The van der Waals surface area contributed by atoms with Gasteiger partial charge in [-0.1, -0.05) is 44.2 Å². The Kier molecular flexibility index (Phi) is 7.95. The maximum atomic E-state index is 13.2. The minimum Gasteiger partial charge on any atom is -0.349 e. The summed E-state index contributed by atoms with van der Waals surface area (Å²) < 4.78 is 1.59. The van der Waals surface area contributed by atoms with E-state index in [1.165, 1.54) is 0 Å². The lowest BCUT2D eigenvalue weighted by Crippen LogP contribution is -2.38. The van der Waals surface area contributed by atoms with Crippen LogP contribution in [0.25, 0.3) is 11.0 Å². The van der Waals surface area contributed by atoms with Crippen LogP contribution in [0.1, 0.15) is 49.5 Å². The van der Waals surface area contributed by atoms with E-state index in [1.807, 2.05) is 49.4 Å². The Morgan fingerprint density at radius 3 is 2.58 bits per heavy atom. The highest BCUT2D eigenvalue weighted by atomic mass is 16.2. The normalized spacial score (nSPS) is 12.3. The van der Waals surface area contributed by atoms with Gasteiger partial charge in [0.05, 0.1) is 6.54 Å². The summed E-state index contributed by atoms with van der Waals surface area (Å²) in [6.45, 7) is 9.75. The predicted octanol–water partition coefficient (Wildman–Crippen LogP) is 3.69. The molecule has 6 heteroatoms. The lowest BCUT2D eigenvalue weighted by molar-refractivity contribution is 0.0935. The summed E-state index contributed by atoms with van der Waals surface area (Å²) in [5.74, 6) is -0.326. The van der Waals surface area contributed by atoms with Crippen molar-refractivity contribution in [2.45, 2.75) is 46.2 Å². The number of fused-ring (bicyclic) bond motifs is 1. The topological polar surface area (TPSA) is 67.2 Å². The molecule has 0 bridgehead atoms. The molecule has 0 fully saturated rings. The van der Waals surface area contributed by atoms with E-state index in [9.17, 15) is 9.59 Å². The van der Waals surface area contributed by atoms with Crippen LogP contribution in [-0.4, -0.2) is 46.0 Å². The Labute approximate surface area is 183 Å². The summed E-state index contributed by atoms with van der Waals surface area (Å²) in [5, 5.41) is 3.79. The highest BCUT2D eigenvalue weighted by Crippen LogP contribution is 2.13. The van der Waals surface area contributed by atoms with Gasteiger partial charge >= 0.3 is 0 Å². The fourth-order valence-corrected chi connectivity index (χ4v) is 3.82. The quantitative estimate of drug-likeness (QED) is 0.543. The highest BCUT2D eigenvalue weighted by molar-refractivity contribution is 5.97. The molecule has 2 heterocycles. The number of carbonyl (C=O) groups is 1. The van der Waals surface area contributed by atoms with Crippen molar-refractivity contribution in [3.8, 4) is 0 Å². The van der Waals surface area contributed by atoms with E-state index in [-0.39, 0.29) is 23.1 Å². The summed E-state index contributed by atoms with van der Waals surface area (Å²) >= 11 is 0. The van der Waals surface area contributed by atoms with Crippen molar-refractivity contribution in [2.24, 2.45) is 0 Å². The third kappa shape index (κ3) is 5.79. The molecule has 0 spiro atoms. The molecule has 0 aliphatic carbocycles. The van der Waals surface area contributed by atoms with Crippen molar-refractivity contribution in [1.29, 1.82) is 0 Å². The number of carbonyl (C=O) groups excluding carboxylic acids is 1. The first-order valence-electron chi connectivity index (χ1n) is 11.1. The fraction of sp³-hybridized carbons (Fsp3) is 0.400. The van der Waals surface area contributed by atoms with Crippen molar-refractivity contribution in [3.63, 3.8) is 0 Å². The first-order chi connectivity index (χ1) is 15.0. The largest absolute Gasteiger partial charge is 0.349 e. The van der Waals surface area contributed by atoms with Crippen molar-refractivity contribution >= 4 is 16.9 Å². The second kappa shape index (κ2) is 10.9. The fourth-order valence-electron chi connectivity index (χ4n) is 3.82. The zero-order valence-corrected chi connectivity index (χ0v) is 18.7. The molecule has 0 unspecified atom stereocenters. The van der Waals surface area contributed by atoms with E-state index in [0.29, 0.717) is 12.2 Å². The molecule has 1 atom stereocenters. The van der Waals surface area contributed by atoms with Gasteiger partial charge < -0.3 is 10.2 Å². The Bertz CT molecular complexity index is 1060. The number of pyridine rings is 2. The molecule has 31 heavy (non-hydrogen) atoms. The molecule has 0 aliphatic heterocycles.